The number of furan rings is 1. The minimum absolute atomic E-state index is 0.273. The Morgan fingerprint density at radius 1 is 1.20 bits per heavy atom. The molecule has 1 aromatic heterocycles. The van der Waals surface area contributed by atoms with E-state index in [4.69, 9.17) is 9.15 Å². The van der Waals surface area contributed by atoms with Crippen molar-refractivity contribution in [2.75, 3.05) is 52.3 Å². The van der Waals surface area contributed by atoms with Gasteiger partial charge in [-0.25, -0.2) is 4.99 Å². The van der Waals surface area contributed by atoms with Gasteiger partial charge in [0.2, 0.25) is 0 Å². The Morgan fingerprint density at radius 2 is 2.07 bits per heavy atom. The molecule has 0 spiro atoms. The Hall–Kier alpha value is -2.84. The van der Waals surface area contributed by atoms with Crippen LogP contribution in [0.1, 0.15) is 29.5 Å². The van der Waals surface area contributed by atoms with Crippen LogP contribution in [0.15, 0.2) is 52.1 Å². The van der Waals surface area contributed by atoms with Gasteiger partial charge in [-0.1, -0.05) is 12.1 Å². The highest BCUT2D eigenvalue weighted by Crippen LogP contribution is 2.13. The zero-order chi connectivity index (χ0) is 21.6. The molecule has 1 amide bonds. The molecule has 8 heteroatoms. The molecule has 0 unspecified atom stereocenters. The molecule has 0 bridgehead atoms. The number of nitrogens with zero attached hydrogens (tertiary/aromatic N) is 2. The molecular formula is C22H33N5O3. The first-order chi connectivity index (χ1) is 14.6. The van der Waals surface area contributed by atoms with Gasteiger partial charge in [-0.3, -0.25) is 4.79 Å². The molecule has 3 N–H and O–H groups in total. The van der Waals surface area contributed by atoms with Crippen molar-refractivity contribution in [1.29, 1.82) is 0 Å². The maximum Gasteiger partial charge on any atom is 0.291 e. The summed E-state index contributed by atoms with van der Waals surface area (Å²) in [6.07, 6.45) is 2.50. The van der Waals surface area contributed by atoms with Crippen LogP contribution < -0.4 is 16.0 Å². The zero-order valence-corrected chi connectivity index (χ0v) is 18.1. The summed E-state index contributed by atoms with van der Waals surface area (Å²) in [6.45, 7) is 6.83. The van der Waals surface area contributed by atoms with Gasteiger partial charge < -0.3 is 30.0 Å². The van der Waals surface area contributed by atoms with E-state index < -0.39 is 0 Å². The minimum atomic E-state index is -0.273. The number of methoxy groups -OCH3 is 1. The fourth-order valence-corrected chi connectivity index (χ4v) is 2.82. The topological polar surface area (TPSA) is 91.1 Å². The molecule has 0 aliphatic rings. The van der Waals surface area contributed by atoms with Crippen LogP contribution in [0.4, 0.5) is 5.69 Å². The average Bonchev–Trinajstić information content (AvgIpc) is 3.28. The second-order valence-corrected chi connectivity index (χ2v) is 6.90. The summed E-state index contributed by atoms with van der Waals surface area (Å²) in [4.78, 5) is 19.0. The van der Waals surface area contributed by atoms with Crippen LogP contribution in [0.5, 0.6) is 0 Å². The molecule has 2 aromatic rings. The van der Waals surface area contributed by atoms with Crippen molar-refractivity contribution in [3.8, 4) is 0 Å². The number of aliphatic imine (C=N–C) groups is 1. The van der Waals surface area contributed by atoms with Gasteiger partial charge in [-0.2, -0.15) is 0 Å². The fraction of sp³-hybridized carbons (Fsp3) is 0.455. The van der Waals surface area contributed by atoms with Crippen LogP contribution in [-0.2, 0) is 11.3 Å². The van der Waals surface area contributed by atoms with E-state index in [0.717, 1.165) is 50.7 Å². The Kier molecular flexibility index (Phi) is 10.5. The summed E-state index contributed by atoms with van der Waals surface area (Å²) < 4.78 is 10.2. The normalized spacial score (nSPS) is 11.5. The number of nitrogens with one attached hydrogen (secondary N) is 3. The van der Waals surface area contributed by atoms with Crippen molar-refractivity contribution in [2.45, 2.75) is 19.9 Å². The molecule has 30 heavy (non-hydrogen) atoms. The van der Waals surface area contributed by atoms with Gasteiger partial charge in [0.05, 0.1) is 12.8 Å². The molecule has 0 aliphatic carbocycles. The summed E-state index contributed by atoms with van der Waals surface area (Å²) in [5.41, 5.74) is 1.71. The number of ether oxygens (including phenoxy) is 1. The summed E-state index contributed by atoms with van der Waals surface area (Å²) in [7, 11) is 3.83. The Morgan fingerprint density at radius 3 is 2.80 bits per heavy atom. The highest BCUT2D eigenvalue weighted by Gasteiger charge is 2.08. The van der Waals surface area contributed by atoms with Crippen LogP contribution in [-0.4, -0.2) is 63.7 Å². The van der Waals surface area contributed by atoms with Crippen molar-refractivity contribution in [1.82, 2.24) is 15.5 Å². The lowest BCUT2D eigenvalue weighted by Crippen LogP contribution is -2.41. The maximum absolute atomic E-state index is 12.1. The van der Waals surface area contributed by atoms with E-state index in [2.05, 4.69) is 32.9 Å². The molecule has 164 valence electrons. The molecule has 0 saturated carbocycles. The predicted octanol–water partition coefficient (Wildman–Crippen LogP) is 2.56. The molecule has 1 heterocycles. The molecule has 0 aliphatic heterocycles. The van der Waals surface area contributed by atoms with Crippen molar-refractivity contribution in [3.05, 3.63) is 54.0 Å². The summed E-state index contributed by atoms with van der Waals surface area (Å²) >= 11 is 0. The third-order valence-electron chi connectivity index (χ3n) is 4.37. The lowest BCUT2D eigenvalue weighted by molar-refractivity contribution is 0.0996. The van der Waals surface area contributed by atoms with E-state index in [1.165, 1.54) is 6.26 Å². The largest absolute Gasteiger partial charge is 0.459 e. The molecule has 0 radical (unpaired) electrons. The molecular weight excluding hydrogens is 382 g/mol. The van der Waals surface area contributed by atoms with E-state index in [0.29, 0.717) is 12.2 Å². The van der Waals surface area contributed by atoms with Gasteiger partial charge in [0.25, 0.3) is 5.91 Å². The van der Waals surface area contributed by atoms with Crippen molar-refractivity contribution in [2.24, 2.45) is 4.99 Å². The van der Waals surface area contributed by atoms with Crippen molar-refractivity contribution in [3.63, 3.8) is 0 Å². The molecule has 2 rings (SSSR count). The van der Waals surface area contributed by atoms with E-state index in [9.17, 15) is 4.79 Å². The zero-order valence-electron chi connectivity index (χ0n) is 18.1. The molecule has 0 fully saturated rings. The second kappa shape index (κ2) is 13.4. The van der Waals surface area contributed by atoms with Crippen LogP contribution >= 0.6 is 0 Å². The number of hydrogen-bond donors (Lipinski definition) is 3. The number of carbonyl (C=O) groups is 1. The van der Waals surface area contributed by atoms with Gasteiger partial charge >= 0.3 is 0 Å². The number of benzene rings is 1. The minimum Gasteiger partial charge on any atom is -0.459 e. The van der Waals surface area contributed by atoms with Gasteiger partial charge in [0, 0.05) is 45.6 Å². The lowest BCUT2D eigenvalue weighted by Gasteiger charge is -2.18. The average molecular weight is 416 g/mol. The van der Waals surface area contributed by atoms with Crippen LogP contribution in [0.25, 0.3) is 0 Å². The summed E-state index contributed by atoms with van der Waals surface area (Å²) in [5.74, 6) is 0.780. The van der Waals surface area contributed by atoms with Crippen molar-refractivity contribution >= 4 is 17.6 Å². The first-order valence-electron chi connectivity index (χ1n) is 10.3. The maximum atomic E-state index is 12.1. The van der Waals surface area contributed by atoms with E-state index in [1.807, 2.05) is 31.2 Å². The quantitative estimate of drug-likeness (QED) is 0.280. The number of carbonyl (C=O) groups excluding carboxylic acids is 1. The standard InChI is InChI=1S/C22H33N5O3/c1-4-23-22(24-11-13-27(2)12-7-14-29-3)25-17-18-8-5-9-19(16-18)26-21(28)20-10-6-15-30-20/h5-6,8-10,15-16H,4,7,11-14,17H2,1-3H3,(H,26,28)(H2,23,24,25). The predicted molar refractivity (Wildman–Crippen MR) is 120 cm³/mol. The first kappa shape index (κ1) is 23.4. The highest BCUT2D eigenvalue weighted by atomic mass is 16.5. The fourth-order valence-electron chi connectivity index (χ4n) is 2.82. The monoisotopic (exact) mass is 415 g/mol. The van der Waals surface area contributed by atoms with Gasteiger partial charge in [-0.15, -0.1) is 0 Å². The van der Waals surface area contributed by atoms with Gasteiger partial charge in [0.15, 0.2) is 11.7 Å². The SMILES string of the molecule is CCNC(=NCc1cccc(NC(=O)c2ccco2)c1)NCCN(C)CCCOC. The van der Waals surface area contributed by atoms with Gasteiger partial charge in [0.1, 0.15) is 0 Å². The highest BCUT2D eigenvalue weighted by molar-refractivity contribution is 6.02. The second-order valence-electron chi connectivity index (χ2n) is 6.90. The molecule has 0 saturated heterocycles. The van der Waals surface area contributed by atoms with E-state index in [-0.39, 0.29) is 11.7 Å². The Labute approximate surface area is 178 Å². The number of anilines is 1. The Balaban J connectivity index is 1.85. The number of hydrogen-bond acceptors (Lipinski definition) is 5. The molecule has 8 nitrogen and oxygen atoms in total. The Bertz CT molecular complexity index is 777. The lowest BCUT2D eigenvalue weighted by atomic mass is 10.2. The number of guanidine groups is 1. The smallest absolute Gasteiger partial charge is 0.291 e. The summed E-state index contributed by atoms with van der Waals surface area (Å²) in [6, 6.07) is 11.0. The van der Waals surface area contributed by atoms with Crippen LogP contribution in [0.2, 0.25) is 0 Å². The third kappa shape index (κ3) is 8.67. The third-order valence-corrected chi connectivity index (χ3v) is 4.37. The van der Waals surface area contributed by atoms with Crippen LogP contribution in [0, 0.1) is 0 Å². The number of likely N-dealkylation sites (N-methyl/N-ethyl adjacent to an activating group) is 1. The molecule has 0 atom stereocenters. The van der Waals surface area contributed by atoms with E-state index >= 15 is 0 Å². The number of amides is 1. The van der Waals surface area contributed by atoms with Crippen LogP contribution in [0.3, 0.4) is 0 Å². The first-order valence-corrected chi connectivity index (χ1v) is 10.3. The van der Waals surface area contributed by atoms with Gasteiger partial charge in [-0.05, 0) is 50.2 Å². The van der Waals surface area contributed by atoms with E-state index in [1.54, 1.807) is 19.2 Å². The number of rotatable bonds is 12. The summed E-state index contributed by atoms with van der Waals surface area (Å²) in [5, 5.41) is 9.46. The van der Waals surface area contributed by atoms with Crippen molar-refractivity contribution < 1.29 is 13.9 Å². The molecule has 1 aromatic carbocycles.